The van der Waals surface area contributed by atoms with Gasteiger partial charge >= 0.3 is 53.8 Å². The zero-order valence-corrected chi connectivity index (χ0v) is 8.99. The first-order valence-electron chi connectivity index (χ1n) is 3.35. The van der Waals surface area contributed by atoms with Crippen LogP contribution in [0.1, 0.15) is 20.8 Å². The molecule has 0 spiro atoms. The fourth-order valence-electron chi connectivity index (χ4n) is 0.866. The molecular weight excluding hydrogens is 191 g/mol. The molecule has 0 radical (unpaired) electrons. The van der Waals surface area contributed by atoms with E-state index in [0.717, 1.165) is 0 Å². The van der Waals surface area contributed by atoms with Crippen molar-refractivity contribution in [3.05, 3.63) is 0 Å². The molecule has 0 aromatic rings. The van der Waals surface area contributed by atoms with Gasteiger partial charge in [-0.25, -0.2) is 0 Å². The molecule has 0 unspecified atom stereocenters. The normalized spacial score (nSPS) is 10.3. The van der Waals surface area contributed by atoms with E-state index < -0.39 is 19.8 Å². The van der Waals surface area contributed by atoms with Crippen molar-refractivity contribution in [2.45, 2.75) is 34.1 Å². The Morgan fingerprint density at radius 2 is 1.14 bits per heavy atom. The van der Waals surface area contributed by atoms with E-state index in [1.54, 1.807) is 13.3 Å². The Hall–Kier alpha value is 0.799. The fourth-order valence-corrected chi connectivity index (χ4v) is 5.81. The van der Waals surface area contributed by atoms with Crippen molar-refractivity contribution < 1.29 is 0 Å². The van der Waals surface area contributed by atoms with Crippen molar-refractivity contribution in [1.29, 1.82) is 0 Å². The predicted octanol–water partition coefficient (Wildman–Crippen LogP) is 2.27. The zero-order chi connectivity index (χ0) is 5.70. The molecule has 0 aliphatic rings. The molecule has 44 valence electrons. The van der Waals surface area contributed by atoms with E-state index in [4.69, 9.17) is 0 Å². The Labute approximate surface area is 54.0 Å². The van der Waals surface area contributed by atoms with Crippen LogP contribution in [0.3, 0.4) is 0 Å². The van der Waals surface area contributed by atoms with E-state index in [2.05, 4.69) is 20.8 Å². The van der Waals surface area contributed by atoms with Crippen molar-refractivity contribution in [1.82, 2.24) is 0 Å². The SMILES string of the molecule is C[CH2][SnH]([CH2]C)[CH2]C. The first-order chi connectivity index (χ1) is 3.35. The van der Waals surface area contributed by atoms with Gasteiger partial charge in [0.05, 0.1) is 0 Å². The maximum absolute atomic E-state index is 2.35. The molecule has 0 rings (SSSR count). The summed E-state index contributed by atoms with van der Waals surface area (Å²) in [6.07, 6.45) is 0. The van der Waals surface area contributed by atoms with Gasteiger partial charge in [0.15, 0.2) is 0 Å². The molecule has 0 aliphatic heterocycles. The van der Waals surface area contributed by atoms with Gasteiger partial charge in [-0.05, 0) is 0 Å². The second-order valence-corrected chi connectivity index (χ2v) is 14.0. The van der Waals surface area contributed by atoms with Crippen LogP contribution in [0.2, 0.25) is 13.3 Å². The summed E-state index contributed by atoms with van der Waals surface area (Å²) >= 11 is -0.764. The van der Waals surface area contributed by atoms with E-state index in [-0.39, 0.29) is 0 Å². The summed E-state index contributed by atoms with van der Waals surface area (Å²) in [4.78, 5) is 0. The van der Waals surface area contributed by atoms with Crippen LogP contribution in [0.4, 0.5) is 0 Å². The predicted molar refractivity (Wildman–Crippen MR) is 38.6 cm³/mol. The van der Waals surface area contributed by atoms with E-state index in [1.807, 2.05) is 0 Å². The molecule has 0 aromatic carbocycles. The van der Waals surface area contributed by atoms with Gasteiger partial charge in [0, 0.05) is 0 Å². The van der Waals surface area contributed by atoms with Crippen molar-refractivity contribution in [3.63, 3.8) is 0 Å². The van der Waals surface area contributed by atoms with Crippen molar-refractivity contribution >= 4 is 19.8 Å². The van der Waals surface area contributed by atoms with Gasteiger partial charge in [0.2, 0.25) is 0 Å². The van der Waals surface area contributed by atoms with Crippen molar-refractivity contribution in [2.24, 2.45) is 0 Å². The van der Waals surface area contributed by atoms with Gasteiger partial charge in [-0.3, -0.25) is 0 Å². The fraction of sp³-hybridized carbons (Fsp3) is 1.00. The third kappa shape index (κ3) is 3.39. The van der Waals surface area contributed by atoms with Gasteiger partial charge in [0.1, 0.15) is 0 Å². The Balaban J connectivity index is 2.99. The minimum absolute atomic E-state index is 0.764. The van der Waals surface area contributed by atoms with Crippen LogP contribution >= 0.6 is 0 Å². The van der Waals surface area contributed by atoms with Crippen LogP contribution < -0.4 is 0 Å². The molecular formula is C6H16Sn. The Bertz CT molecular complexity index is 25.7. The molecule has 0 aliphatic carbocycles. The van der Waals surface area contributed by atoms with Crippen LogP contribution in [0.5, 0.6) is 0 Å². The van der Waals surface area contributed by atoms with Crippen molar-refractivity contribution in [3.8, 4) is 0 Å². The van der Waals surface area contributed by atoms with Gasteiger partial charge in [-0.1, -0.05) is 0 Å². The monoisotopic (exact) mass is 208 g/mol. The molecule has 0 N–H and O–H groups in total. The second kappa shape index (κ2) is 4.95. The molecule has 1 heteroatoms. The molecule has 0 bridgehead atoms. The summed E-state index contributed by atoms with van der Waals surface area (Å²) < 4.78 is 4.69. The van der Waals surface area contributed by atoms with Gasteiger partial charge < -0.3 is 0 Å². The molecule has 7 heavy (non-hydrogen) atoms. The summed E-state index contributed by atoms with van der Waals surface area (Å²) in [7, 11) is 0. The number of hydrogen-bond donors (Lipinski definition) is 0. The van der Waals surface area contributed by atoms with Crippen LogP contribution in [-0.2, 0) is 0 Å². The zero-order valence-electron chi connectivity index (χ0n) is 5.70. The van der Waals surface area contributed by atoms with Crippen LogP contribution in [0.25, 0.3) is 0 Å². The van der Waals surface area contributed by atoms with E-state index in [1.165, 1.54) is 0 Å². The Kier molecular flexibility index (Phi) is 5.51. The van der Waals surface area contributed by atoms with Gasteiger partial charge in [-0.15, -0.1) is 0 Å². The standard InChI is InChI=1S/3C2H5.Sn.H/c3*1-2;;/h3*1H2,2H3;;. The van der Waals surface area contributed by atoms with Crippen LogP contribution in [0.15, 0.2) is 0 Å². The van der Waals surface area contributed by atoms with Gasteiger partial charge in [0.25, 0.3) is 0 Å². The molecule has 0 aromatic heterocycles. The van der Waals surface area contributed by atoms with Crippen LogP contribution in [0, 0.1) is 0 Å². The van der Waals surface area contributed by atoms with E-state index >= 15 is 0 Å². The molecule has 0 saturated heterocycles. The summed E-state index contributed by atoms with van der Waals surface area (Å²) in [5.41, 5.74) is 0. The molecule has 0 heterocycles. The first-order valence-corrected chi connectivity index (χ1v) is 10.3. The second-order valence-electron chi connectivity index (χ2n) is 2.09. The average Bonchev–Trinajstić information content (AvgIpc) is 1.72. The topological polar surface area (TPSA) is 0 Å². The third-order valence-electron chi connectivity index (χ3n) is 1.73. The Morgan fingerprint density at radius 3 is 1.14 bits per heavy atom. The Morgan fingerprint density at radius 1 is 0.857 bits per heavy atom. The van der Waals surface area contributed by atoms with Gasteiger partial charge in [-0.2, -0.15) is 0 Å². The molecule has 0 saturated carbocycles. The molecule has 0 atom stereocenters. The molecule has 0 amide bonds. The number of rotatable bonds is 3. The minimum atomic E-state index is -0.764. The summed E-state index contributed by atoms with van der Waals surface area (Å²) in [6.45, 7) is 7.06. The van der Waals surface area contributed by atoms with Crippen molar-refractivity contribution in [2.75, 3.05) is 0 Å². The molecule has 0 fully saturated rings. The summed E-state index contributed by atoms with van der Waals surface area (Å²) in [6, 6.07) is 0. The quantitative estimate of drug-likeness (QED) is 0.622. The first kappa shape index (κ1) is 7.80. The third-order valence-corrected chi connectivity index (χ3v) is 11.6. The maximum atomic E-state index is 2.35. The average molecular weight is 207 g/mol. The van der Waals surface area contributed by atoms with Crippen LogP contribution in [-0.4, -0.2) is 19.8 Å². The summed E-state index contributed by atoms with van der Waals surface area (Å²) in [5.74, 6) is 0. The van der Waals surface area contributed by atoms with E-state index in [0.29, 0.717) is 0 Å². The van der Waals surface area contributed by atoms with E-state index in [9.17, 15) is 0 Å². The molecule has 0 nitrogen and oxygen atoms in total. The number of hydrogen-bond acceptors (Lipinski definition) is 0. The summed E-state index contributed by atoms with van der Waals surface area (Å²) in [5, 5.41) is 0.